The van der Waals surface area contributed by atoms with E-state index in [1.807, 2.05) is 12.3 Å². The Morgan fingerprint density at radius 2 is 2.05 bits per heavy atom. The van der Waals surface area contributed by atoms with Gasteiger partial charge in [-0.15, -0.1) is 11.8 Å². The lowest BCUT2D eigenvalue weighted by atomic mass is 10.0. The smallest absolute Gasteiger partial charge is 0.0961 e. The maximum Gasteiger partial charge on any atom is 0.0961 e. The summed E-state index contributed by atoms with van der Waals surface area (Å²) in [7, 11) is 0. The van der Waals surface area contributed by atoms with Crippen LogP contribution in [0.4, 0.5) is 0 Å². The number of hydrogen-bond donors (Lipinski definition) is 1. The molecule has 20 heavy (non-hydrogen) atoms. The molecule has 1 atom stereocenters. The molecule has 0 aliphatic rings. The minimum Gasteiger partial charge on any atom is -0.309 e. The second-order valence-electron chi connectivity index (χ2n) is 4.59. The van der Waals surface area contributed by atoms with Gasteiger partial charge in [-0.3, -0.25) is 0 Å². The van der Waals surface area contributed by atoms with E-state index >= 15 is 0 Å². The van der Waals surface area contributed by atoms with Gasteiger partial charge in [0.25, 0.3) is 0 Å². The summed E-state index contributed by atoms with van der Waals surface area (Å²) < 4.78 is 1.02. The second kappa shape index (κ2) is 7.81. The van der Waals surface area contributed by atoms with E-state index in [9.17, 15) is 0 Å². The van der Waals surface area contributed by atoms with E-state index in [-0.39, 0.29) is 0 Å². The number of rotatable bonds is 6. The first-order valence-corrected chi connectivity index (χ1v) is 8.52. The highest BCUT2D eigenvalue weighted by Crippen LogP contribution is 2.25. The lowest BCUT2D eigenvalue weighted by Crippen LogP contribution is -2.23. The summed E-state index contributed by atoms with van der Waals surface area (Å²) in [5.74, 6) is 0.979. The van der Waals surface area contributed by atoms with Gasteiger partial charge < -0.3 is 5.32 Å². The second-order valence-corrected chi connectivity index (χ2v) is 6.55. The van der Waals surface area contributed by atoms with Crippen molar-refractivity contribution in [2.75, 3.05) is 12.3 Å². The Balaban J connectivity index is 2.06. The van der Waals surface area contributed by atoms with Crippen LogP contribution in [0, 0.1) is 6.92 Å². The van der Waals surface area contributed by atoms with Crippen LogP contribution >= 0.6 is 27.7 Å². The third kappa shape index (κ3) is 4.33. The van der Waals surface area contributed by atoms with Gasteiger partial charge in [0.1, 0.15) is 0 Å². The maximum atomic E-state index is 4.41. The van der Waals surface area contributed by atoms with Crippen molar-refractivity contribution in [1.82, 2.24) is 10.3 Å². The normalized spacial score (nSPS) is 12.3. The van der Waals surface area contributed by atoms with Crippen LogP contribution in [0.5, 0.6) is 0 Å². The summed E-state index contributed by atoms with van der Waals surface area (Å²) in [4.78, 5) is 4.41. The van der Waals surface area contributed by atoms with E-state index in [1.165, 1.54) is 11.1 Å². The lowest BCUT2D eigenvalue weighted by Gasteiger charge is -2.19. The molecule has 0 aliphatic heterocycles. The molecule has 1 aromatic heterocycles. The topological polar surface area (TPSA) is 24.9 Å². The number of nitrogens with zero attached hydrogens (tertiary/aromatic N) is 1. The number of aryl methyl sites for hydroxylation is 1. The van der Waals surface area contributed by atoms with Crippen LogP contribution in [-0.2, 0) is 0 Å². The fourth-order valence-electron chi connectivity index (χ4n) is 2.10. The van der Waals surface area contributed by atoms with Crippen molar-refractivity contribution >= 4 is 27.7 Å². The number of pyridine rings is 1. The number of aromatic nitrogens is 1. The third-order valence-electron chi connectivity index (χ3n) is 3.11. The molecular weight excluding hydrogens is 332 g/mol. The van der Waals surface area contributed by atoms with Gasteiger partial charge in [0, 0.05) is 22.5 Å². The van der Waals surface area contributed by atoms with E-state index in [2.05, 4.69) is 70.4 Å². The molecule has 0 aliphatic carbocycles. The molecule has 2 nitrogen and oxygen atoms in total. The molecule has 1 unspecified atom stereocenters. The summed E-state index contributed by atoms with van der Waals surface area (Å²) in [5.41, 5.74) is 2.71. The molecule has 0 amide bonds. The standard InChI is InChI=1S/C16H19BrN2S/c1-3-18-15(14-7-5-4-6-12(14)2)11-20-16-9-8-13(17)10-19-16/h4-10,15,18H,3,11H2,1-2H3. The van der Waals surface area contributed by atoms with Gasteiger partial charge in [-0.25, -0.2) is 4.98 Å². The number of thioether (sulfide) groups is 1. The van der Waals surface area contributed by atoms with Crippen LogP contribution in [0.3, 0.4) is 0 Å². The summed E-state index contributed by atoms with van der Waals surface area (Å²) in [6, 6.07) is 13.0. The largest absolute Gasteiger partial charge is 0.309 e. The molecular formula is C16H19BrN2S. The molecule has 0 fully saturated rings. The molecule has 1 heterocycles. The molecule has 0 saturated heterocycles. The minimum atomic E-state index is 0.358. The average Bonchev–Trinajstić information content (AvgIpc) is 2.46. The molecule has 1 aromatic carbocycles. The zero-order valence-electron chi connectivity index (χ0n) is 11.8. The molecule has 2 rings (SSSR count). The molecule has 0 saturated carbocycles. The van der Waals surface area contributed by atoms with E-state index in [4.69, 9.17) is 0 Å². The van der Waals surface area contributed by atoms with E-state index < -0.39 is 0 Å². The first-order chi connectivity index (χ1) is 9.70. The van der Waals surface area contributed by atoms with Crippen molar-refractivity contribution in [3.8, 4) is 0 Å². The number of halogens is 1. The van der Waals surface area contributed by atoms with Gasteiger partial charge in [0.15, 0.2) is 0 Å². The molecule has 0 spiro atoms. The zero-order valence-corrected chi connectivity index (χ0v) is 14.2. The highest BCUT2D eigenvalue weighted by atomic mass is 79.9. The Kier molecular flexibility index (Phi) is 6.07. The highest BCUT2D eigenvalue weighted by molar-refractivity contribution is 9.10. The molecule has 106 valence electrons. The summed E-state index contributed by atoms with van der Waals surface area (Å²) in [6.07, 6.45) is 1.85. The summed E-state index contributed by atoms with van der Waals surface area (Å²) >= 11 is 5.20. The number of hydrogen-bond acceptors (Lipinski definition) is 3. The monoisotopic (exact) mass is 350 g/mol. The summed E-state index contributed by atoms with van der Waals surface area (Å²) in [5, 5.41) is 4.62. The van der Waals surface area contributed by atoms with Crippen LogP contribution in [-0.4, -0.2) is 17.3 Å². The first kappa shape index (κ1) is 15.5. The van der Waals surface area contributed by atoms with Crippen molar-refractivity contribution < 1.29 is 0 Å². The quantitative estimate of drug-likeness (QED) is 0.770. The van der Waals surface area contributed by atoms with Gasteiger partial charge in [-0.05, 0) is 52.7 Å². The van der Waals surface area contributed by atoms with Gasteiger partial charge in [-0.2, -0.15) is 0 Å². The van der Waals surface area contributed by atoms with E-state index in [1.54, 1.807) is 11.8 Å². The van der Waals surface area contributed by atoms with Crippen LogP contribution in [0.15, 0.2) is 52.1 Å². The number of nitrogens with one attached hydrogen (secondary N) is 1. The van der Waals surface area contributed by atoms with Crippen molar-refractivity contribution in [3.05, 3.63) is 58.2 Å². The van der Waals surface area contributed by atoms with Crippen molar-refractivity contribution in [2.24, 2.45) is 0 Å². The Morgan fingerprint density at radius 1 is 1.25 bits per heavy atom. The van der Waals surface area contributed by atoms with Crippen LogP contribution < -0.4 is 5.32 Å². The van der Waals surface area contributed by atoms with Crippen LogP contribution in [0.25, 0.3) is 0 Å². The maximum absolute atomic E-state index is 4.41. The average molecular weight is 351 g/mol. The predicted molar refractivity (Wildman–Crippen MR) is 90.3 cm³/mol. The van der Waals surface area contributed by atoms with Gasteiger partial charge in [0.05, 0.1) is 5.03 Å². The van der Waals surface area contributed by atoms with Crippen LogP contribution in [0.1, 0.15) is 24.1 Å². The van der Waals surface area contributed by atoms with Crippen molar-refractivity contribution in [3.63, 3.8) is 0 Å². The Morgan fingerprint density at radius 3 is 2.70 bits per heavy atom. The predicted octanol–water partition coefficient (Wildman–Crippen LogP) is 4.60. The van der Waals surface area contributed by atoms with Crippen molar-refractivity contribution in [2.45, 2.75) is 24.9 Å². The zero-order chi connectivity index (χ0) is 14.4. The third-order valence-corrected chi connectivity index (χ3v) is 4.62. The Hall–Kier alpha value is -0.840. The summed E-state index contributed by atoms with van der Waals surface area (Å²) in [6.45, 7) is 5.28. The fourth-order valence-corrected chi connectivity index (χ4v) is 3.26. The first-order valence-electron chi connectivity index (χ1n) is 6.74. The molecule has 2 aromatic rings. The molecule has 4 heteroatoms. The Labute approximate surface area is 133 Å². The molecule has 0 radical (unpaired) electrons. The Bertz CT molecular complexity index is 542. The van der Waals surface area contributed by atoms with Crippen molar-refractivity contribution in [1.29, 1.82) is 0 Å². The molecule has 1 N–H and O–H groups in total. The molecule has 0 bridgehead atoms. The van der Waals surface area contributed by atoms with Gasteiger partial charge >= 0.3 is 0 Å². The SMILES string of the molecule is CCNC(CSc1ccc(Br)cn1)c1ccccc1C. The van der Waals surface area contributed by atoms with E-state index in [0.29, 0.717) is 6.04 Å². The van der Waals surface area contributed by atoms with Gasteiger partial charge in [0.2, 0.25) is 0 Å². The lowest BCUT2D eigenvalue weighted by molar-refractivity contribution is 0.603. The van der Waals surface area contributed by atoms with E-state index in [0.717, 1.165) is 21.8 Å². The fraction of sp³-hybridized carbons (Fsp3) is 0.312. The van der Waals surface area contributed by atoms with Crippen LogP contribution in [0.2, 0.25) is 0 Å². The number of benzene rings is 1. The minimum absolute atomic E-state index is 0.358. The van der Waals surface area contributed by atoms with Gasteiger partial charge in [-0.1, -0.05) is 31.2 Å². The highest BCUT2D eigenvalue weighted by Gasteiger charge is 2.13.